The van der Waals surface area contributed by atoms with Crippen molar-refractivity contribution >= 4 is 11.8 Å². The molecule has 2 saturated heterocycles. The zero-order chi connectivity index (χ0) is 13.5. The molecule has 1 aromatic heterocycles. The molecule has 3 heterocycles. The van der Waals surface area contributed by atoms with Gasteiger partial charge in [0, 0.05) is 33.1 Å². The lowest BCUT2D eigenvalue weighted by atomic mass is 9.77. The van der Waals surface area contributed by atoms with E-state index in [1.807, 2.05) is 0 Å². The number of carbonyl (C=O) groups is 2. The maximum atomic E-state index is 12.2. The minimum Gasteiger partial charge on any atom is -0.356 e. The van der Waals surface area contributed by atoms with Gasteiger partial charge in [0.15, 0.2) is 0 Å². The summed E-state index contributed by atoms with van der Waals surface area (Å²) in [5.74, 6) is 0.262. The summed E-state index contributed by atoms with van der Waals surface area (Å²) in [6.45, 7) is 2.09. The molecule has 0 radical (unpaired) electrons. The fourth-order valence-electron chi connectivity index (χ4n) is 2.87. The van der Waals surface area contributed by atoms with Gasteiger partial charge in [0.2, 0.25) is 11.7 Å². The normalized spacial score (nSPS) is 21.7. The Labute approximate surface area is 111 Å². The number of aryl methyl sites for hydroxylation is 1. The Kier molecular flexibility index (Phi) is 2.76. The Balaban J connectivity index is 1.64. The number of amides is 2. The molecule has 0 saturated carbocycles. The SMILES string of the molecule is Cn1cnc(C(=O)N2CCC3(CC2)CNC(=O)C3)n1. The molecular formula is C12H17N5O2. The average Bonchev–Trinajstić information content (AvgIpc) is 2.97. The summed E-state index contributed by atoms with van der Waals surface area (Å²) in [6.07, 6.45) is 3.85. The van der Waals surface area contributed by atoms with Crippen LogP contribution in [0.2, 0.25) is 0 Å². The molecule has 2 amide bonds. The van der Waals surface area contributed by atoms with Crippen molar-refractivity contribution in [2.24, 2.45) is 12.5 Å². The number of rotatable bonds is 1. The van der Waals surface area contributed by atoms with E-state index in [-0.39, 0.29) is 23.1 Å². The third-order valence-corrected chi connectivity index (χ3v) is 4.10. The maximum absolute atomic E-state index is 12.2. The fourth-order valence-corrected chi connectivity index (χ4v) is 2.87. The van der Waals surface area contributed by atoms with E-state index < -0.39 is 0 Å². The highest BCUT2D eigenvalue weighted by Gasteiger charge is 2.42. The van der Waals surface area contributed by atoms with E-state index in [4.69, 9.17) is 0 Å². The first kappa shape index (κ1) is 12.1. The number of nitrogens with one attached hydrogen (secondary N) is 1. The first-order valence-electron chi connectivity index (χ1n) is 6.50. The molecule has 0 atom stereocenters. The topological polar surface area (TPSA) is 80.1 Å². The Bertz CT molecular complexity index is 516. The molecule has 19 heavy (non-hydrogen) atoms. The van der Waals surface area contributed by atoms with E-state index in [1.54, 1.807) is 11.9 Å². The van der Waals surface area contributed by atoms with E-state index >= 15 is 0 Å². The average molecular weight is 263 g/mol. The molecule has 1 N–H and O–H groups in total. The van der Waals surface area contributed by atoms with Gasteiger partial charge in [-0.05, 0) is 18.3 Å². The quantitative estimate of drug-likeness (QED) is 0.744. The van der Waals surface area contributed by atoms with Gasteiger partial charge >= 0.3 is 0 Å². The highest BCUT2D eigenvalue weighted by molar-refractivity contribution is 5.90. The van der Waals surface area contributed by atoms with Crippen LogP contribution in [0, 0.1) is 5.41 Å². The lowest BCUT2D eigenvalue weighted by Gasteiger charge is -2.37. The van der Waals surface area contributed by atoms with Crippen LogP contribution in [0.5, 0.6) is 0 Å². The zero-order valence-electron chi connectivity index (χ0n) is 10.9. The lowest BCUT2D eigenvalue weighted by molar-refractivity contribution is -0.119. The van der Waals surface area contributed by atoms with Crippen LogP contribution in [0.4, 0.5) is 0 Å². The van der Waals surface area contributed by atoms with Gasteiger partial charge in [-0.3, -0.25) is 14.3 Å². The molecule has 7 nitrogen and oxygen atoms in total. The highest BCUT2D eigenvalue weighted by atomic mass is 16.2. The van der Waals surface area contributed by atoms with Crippen LogP contribution in [-0.2, 0) is 11.8 Å². The molecule has 1 spiro atoms. The molecule has 0 unspecified atom stereocenters. The largest absolute Gasteiger partial charge is 0.356 e. The second-order valence-corrected chi connectivity index (χ2v) is 5.49. The van der Waals surface area contributed by atoms with Crippen molar-refractivity contribution in [2.45, 2.75) is 19.3 Å². The van der Waals surface area contributed by atoms with Crippen LogP contribution in [0.15, 0.2) is 6.33 Å². The maximum Gasteiger partial charge on any atom is 0.293 e. The summed E-state index contributed by atoms with van der Waals surface area (Å²) in [7, 11) is 1.74. The minimum absolute atomic E-state index is 0.0609. The van der Waals surface area contributed by atoms with E-state index in [9.17, 15) is 9.59 Å². The minimum atomic E-state index is -0.118. The third kappa shape index (κ3) is 2.20. The molecule has 7 heteroatoms. The molecule has 1 aromatic rings. The van der Waals surface area contributed by atoms with Crippen molar-refractivity contribution in [1.29, 1.82) is 0 Å². The molecule has 0 aromatic carbocycles. The summed E-state index contributed by atoms with van der Waals surface area (Å²) >= 11 is 0. The van der Waals surface area contributed by atoms with Crippen LogP contribution in [0.3, 0.4) is 0 Å². The van der Waals surface area contributed by atoms with Gasteiger partial charge < -0.3 is 10.2 Å². The number of nitrogens with zero attached hydrogens (tertiary/aromatic N) is 4. The molecule has 3 rings (SSSR count). The van der Waals surface area contributed by atoms with Crippen molar-refractivity contribution in [3.8, 4) is 0 Å². The van der Waals surface area contributed by atoms with Crippen LogP contribution in [-0.4, -0.2) is 51.1 Å². The molecule has 0 aliphatic carbocycles. The second kappa shape index (κ2) is 4.32. The fraction of sp³-hybridized carbons (Fsp3) is 0.667. The molecule has 102 valence electrons. The molecule has 0 bridgehead atoms. The summed E-state index contributed by atoms with van der Waals surface area (Å²) in [6, 6.07) is 0. The number of likely N-dealkylation sites (tertiary alicyclic amines) is 1. The lowest BCUT2D eigenvalue weighted by Crippen LogP contribution is -2.44. The second-order valence-electron chi connectivity index (χ2n) is 5.49. The number of hydrogen-bond acceptors (Lipinski definition) is 4. The molecular weight excluding hydrogens is 246 g/mol. The van der Waals surface area contributed by atoms with E-state index in [1.165, 1.54) is 11.0 Å². The highest BCUT2D eigenvalue weighted by Crippen LogP contribution is 2.37. The summed E-state index contributed by atoms with van der Waals surface area (Å²) in [5.41, 5.74) is 0.0609. The van der Waals surface area contributed by atoms with Crippen molar-refractivity contribution < 1.29 is 9.59 Å². The van der Waals surface area contributed by atoms with Gasteiger partial charge in [-0.25, -0.2) is 4.98 Å². The van der Waals surface area contributed by atoms with E-state index in [2.05, 4.69) is 15.4 Å². The number of aromatic nitrogens is 3. The van der Waals surface area contributed by atoms with Gasteiger partial charge in [0.1, 0.15) is 6.33 Å². The van der Waals surface area contributed by atoms with Crippen molar-refractivity contribution in [2.75, 3.05) is 19.6 Å². The predicted molar refractivity (Wildman–Crippen MR) is 66.2 cm³/mol. The van der Waals surface area contributed by atoms with Crippen molar-refractivity contribution in [1.82, 2.24) is 25.0 Å². The number of piperidine rings is 1. The van der Waals surface area contributed by atoms with Gasteiger partial charge in [0.05, 0.1) is 0 Å². The van der Waals surface area contributed by atoms with E-state index in [0.717, 1.165) is 19.4 Å². The number of hydrogen-bond donors (Lipinski definition) is 1. The number of carbonyl (C=O) groups excluding carboxylic acids is 2. The van der Waals surface area contributed by atoms with Crippen LogP contribution >= 0.6 is 0 Å². The zero-order valence-corrected chi connectivity index (χ0v) is 10.9. The Morgan fingerprint density at radius 2 is 2.16 bits per heavy atom. The Morgan fingerprint density at radius 1 is 1.42 bits per heavy atom. The third-order valence-electron chi connectivity index (χ3n) is 4.10. The summed E-state index contributed by atoms with van der Waals surface area (Å²) in [5, 5.41) is 6.92. The first-order valence-corrected chi connectivity index (χ1v) is 6.50. The smallest absolute Gasteiger partial charge is 0.293 e. The van der Waals surface area contributed by atoms with Crippen LogP contribution in [0.25, 0.3) is 0 Å². The first-order chi connectivity index (χ1) is 9.08. The van der Waals surface area contributed by atoms with E-state index in [0.29, 0.717) is 19.5 Å². The molecule has 2 aliphatic rings. The van der Waals surface area contributed by atoms with Gasteiger partial charge in [-0.15, -0.1) is 5.10 Å². The molecule has 2 aliphatic heterocycles. The van der Waals surface area contributed by atoms with Crippen LogP contribution in [0.1, 0.15) is 29.9 Å². The Hall–Kier alpha value is -1.92. The summed E-state index contributed by atoms with van der Waals surface area (Å²) in [4.78, 5) is 29.3. The Morgan fingerprint density at radius 3 is 2.68 bits per heavy atom. The van der Waals surface area contributed by atoms with Crippen LogP contribution < -0.4 is 5.32 Å². The van der Waals surface area contributed by atoms with Crippen molar-refractivity contribution in [3.05, 3.63) is 12.2 Å². The van der Waals surface area contributed by atoms with Crippen molar-refractivity contribution in [3.63, 3.8) is 0 Å². The predicted octanol–water partition coefficient (Wildman–Crippen LogP) is -0.443. The monoisotopic (exact) mass is 263 g/mol. The van der Waals surface area contributed by atoms with Gasteiger partial charge in [0.25, 0.3) is 5.91 Å². The summed E-state index contributed by atoms with van der Waals surface area (Å²) < 4.78 is 1.53. The van der Waals surface area contributed by atoms with Gasteiger partial charge in [-0.2, -0.15) is 0 Å². The standard InChI is InChI=1S/C12H17N5O2/c1-16-8-14-10(15-16)11(19)17-4-2-12(3-5-17)6-9(18)13-7-12/h8H,2-7H2,1H3,(H,13,18). The van der Waals surface area contributed by atoms with Gasteiger partial charge in [-0.1, -0.05) is 0 Å². The molecule has 2 fully saturated rings.